The van der Waals surface area contributed by atoms with Crippen molar-refractivity contribution in [3.63, 3.8) is 0 Å². The van der Waals surface area contributed by atoms with Crippen molar-refractivity contribution in [1.82, 2.24) is 14.8 Å². The molecule has 10 nitrogen and oxygen atoms in total. The zero-order chi connectivity index (χ0) is 38.6. The number of unbranched alkanes of at least 4 members (excludes halogenated alkanes) is 10. The summed E-state index contributed by atoms with van der Waals surface area (Å²) in [5.41, 5.74) is 4.98. The SMILES string of the molecule is CC(C)(C)OC(=O)NCCCCCCCCNS(=O)(=O)c1cccc2ccccc12.NCCCCCCCCNS(=O)(=O)c1cccc2ccccc12. The fourth-order valence-corrected chi connectivity index (χ4v) is 8.47. The summed E-state index contributed by atoms with van der Waals surface area (Å²) in [7, 11) is -6.97. The summed E-state index contributed by atoms with van der Waals surface area (Å²) in [6.07, 6.45) is 11.9. The first-order chi connectivity index (χ1) is 25.3. The van der Waals surface area contributed by atoms with E-state index < -0.39 is 25.6 Å². The van der Waals surface area contributed by atoms with Crippen molar-refractivity contribution in [1.29, 1.82) is 0 Å². The van der Waals surface area contributed by atoms with Gasteiger partial charge in [-0.2, -0.15) is 0 Å². The number of benzene rings is 4. The summed E-state index contributed by atoms with van der Waals surface area (Å²) in [5.74, 6) is 0. The average Bonchev–Trinajstić information content (AvgIpc) is 3.12. The van der Waals surface area contributed by atoms with E-state index in [2.05, 4.69) is 14.8 Å². The van der Waals surface area contributed by atoms with Gasteiger partial charge in [0.2, 0.25) is 20.0 Å². The van der Waals surface area contributed by atoms with Gasteiger partial charge in [0.05, 0.1) is 9.79 Å². The normalized spacial score (nSPS) is 12.0. The minimum Gasteiger partial charge on any atom is -0.444 e. The van der Waals surface area contributed by atoms with Gasteiger partial charge in [0.25, 0.3) is 0 Å². The van der Waals surface area contributed by atoms with Crippen LogP contribution in [0.4, 0.5) is 4.79 Å². The Hall–Kier alpha value is -3.55. The van der Waals surface area contributed by atoms with E-state index in [1.165, 1.54) is 6.42 Å². The molecule has 0 saturated carbocycles. The third-order valence-corrected chi connectivity index (χ3v) is 11.6. The van der Waals surface area contributed by atoms with E-state index in [1.54, 1.807) is 24.3 Å². The van der Waals surface area contributed by atoms with Crippen LogP contribution in [0.15, 0.2) is 94.7 Å². The zero-order valence-corrected chi connectivity index (χ0v) is 33.4. The van der Waals surface area contributed by atoms with Crippen LogP contribution in [-0.2, 0) is 24.8 Å². The molecular formula is C41H60N4O6S2. The molecule has 0 aliphatic carbocycles. The van der Waals surface area contributed by atoms with Crippen molar-refractivity contribution in [2.24, 2.45) is 5.73 Å². The standard InChI is InChI=1S/C23H34N2O4S.C18H26N2O2S/c1-23(2,3)29-22(26)24-17-10-6-4-5-7-11-18-25-30(27,28)21-16-12-14-19-13-8-9-15-20(19)21;19-14-7-3-1-2-4-8-15-20-23(21,22)18-13-9-11-16-10-5-6-12-17(16)18/h8-9,12-16,25H,4-7,10-11,17-18H2,1-3H3,(H,24,26);5-6,9-13,20H,1-4,7-8,14-15,19H2. The average molecular weight is 769 g/mol. The Labute approximate surface area is 317 Å². The van der Waals surface area contributed by atoms with Gasteiger partial charge in [0, 0.05) is 30.4 Å². The lowest BCUT2D eigenvalue weighted by atomic mass is 10.1. The monoisotopic (exact) mass is 768 g/mol. The molecule has 0 fully saturated rings. The van der Waals surface area contributed by atoms with E-state index in [1.807, 2.05) is 81.4 Å². The highest BCUT2D eigenvalue weighted by Crippen LogP contribution is 2.24. The van der Waals surface area contributed by atoms with Gasteiger partial charge in [-0.25, -0.2) is 31.1 Å². The lowest BCUT2D eigenvalue weighted by Crippen LogP contribution is -2.32. The van der Waals surface area contributed by atoms with Gasteiger partial charge in [0.15, 0.2) is 0 Å². The van der Waals surface area contributed by atoms with Crippen molar-refractivity contribution in [3.05, 3.63) is 84.9 Å². The molecule has 5 N–H and O–H groups in total. The molecule has 1 amide bonds. The molecule has 0 atom stereocenters. The Bertz CT molecular complexity index is 1900. The van der Waals surface area contributed by atoms with Crippen LogP contribution in [-0.4, -0.2) is 54.7 Å². The minimum atomic E-state index is -3.52. The highest BCUT2D eigenvalue weighted by molar-refractivity contribution is 7.90. The second-order valence-corrected chi connectivity index (χ2v) is 17.7. The number of alkyl carbamates (subject to hydrolysis) is 1. The lowest BCUT2D eigenvalue weighted by molar-refractivity contribution is 0.0527. The van der Waals surface area contributed by atoms with Crippen LogP contribution in [0.3, 0.4) is 0 Å². The molecule has 12 heteroatoms. The molecule has 0 aliphatic rings. The van der Waals surface area contributed by atoms with Gasteiger partial charge in [0.1, 0.15) is 5.60 Å². The van der Waals surface area contributed by atoms with Gasteiger partial charge in [-0.05, 0) is 75.9 Å². The summed E-state index contributed by atoms with van der Waals surface area (Å²) in [6, 6.07) is 25.8. The molecule has 0 aliphatic heterocycles. The van der Waals surface area contributed by atoms with Gasteiger partial charge in [-0.3, -0.25) is 0 Å². The van der Waals surface area contributed by atoms with Crippen LogP contribution in [0.1, 0.15) is 97.8 Å². The molecule has 4 rings (SSSR count). The maximum atomic E-state index is 12.6. The molecular weight excluding hydrogens is 709 g/mol. The smallest absolute Gasteiger partial charge is 0.407 e. The number of ether oxygens (including phenoxy) is 1. The van der Waals surface area contributed by atoms with Crippen LogP contribution in [0.25, 0.3) is 21.5 Å². The zero-order valence-electron chi connectivity index (χ0n) is 31.7. The number of amides is 1. The molecule has 0 heterocycles. The lowest BCUT2D eigenvalue weighted by Gasteiger charge is -2.19. The van der Waals surface area contributed by atoms with E-state index in [0.29, 0.717) is 29.4 Å². The maximum Gasteiger partial charge on any atom is 0.407 e. The summed E-state index contributed by atoms with van der Waals surface area (Å²) < 4.78 is 60.9. The largest absolute Gasteiger partial charge is 0.444 e. The number of carbonyl (C=O) groups is 1. The predicted octanol–water partition coefficient (Wildman–Crippen LogP) is 8.40. The van der Waals surface area contributed by atoms with Gasteiger partial charge < -0.3 is 15.8 Å². The number of fused-ring (bicyclic) bond motifs is 2. The fourth-order valence-electron chi connectivity index (χ4n) is 5.87. The van der Waals surface area contributed by atoms with Crippen molar-refractivity contribution in [3.8, 4) is 0 Å². The molecule has 0 radical (unpaired) electrons. The molecule has 0 bridgehead atoms. The topological polar surface area (TPSA) is 157 Å². The summed E-state index contributed by atoms with van der Waals surface area (Å²) >= 11 is 0. The number of hydrogen-bond donors (Lipinski definition) is 4. The van der Waals surface area contributed by atoms with Crippen LogP contribution in [0.5, 0.6) is 0 Å². The van der Waals surface area contributed by atoms with Gasteiger partial charge >= 0.3 is 6.09 Å². The molecule has 292 valence electrons. The first-order valence-electron chi connectivity index (χ1n) is 19.0. The number of hydrogen-bond acceptors (Lipinski definition) is 7. The molecule has 4 aromatic rings. The second-order valence-electron chi connectivity index (χ2n) is 14.2. The van der Waals surface area contributed by atoms with E-state index in [4.69, 9.17) is 10.5 Å². The van der Waals surface area contributed by atoms with Crippen molar-refractivity contribution in [2.45, 2.75) is 113 Å². The summed E-state index contributed by atoms with van der Waals surface area (Å²) in [6.45, 7) is 7.82. The third kappa shape index (κ3) is 16.2. The van der Waals surface area contributed by atoms with Crippen LogP contribution in [0.2, 0.25) is 0 Å². The summed E-state index contributed by atoms with van der Waals surface area (Å²) in [5, 5.41) is 6.13. The number of sulfonamides is 2. The van der Waals surface area contributed by atoms with Crippen molar-refractivity contribution >= 4 is 47.7 Å². The highest BCUT2D eigenvalue weighted by atomic mass is 32.2. The van der Waals surface area contributed by atoms with E-state index in [-0.39, 0.29) is 6.09 Å². The maximum absolute atomic E-state index is 12.6. The Morgan fingerprint density at radius 3 is 1.36 bits per heavy atom. The second kappa shape index (κ2) is 22.6. The van der Waals surface area contributed by atoms with Crippen LogP contribution < -0.4 is 20.5 Å². The first-order valence-corrected chi connectivity index (χ1v) is 21.9. The van der Waals surface area contributed by atoms with Crippen LogP contribution in [0, 0.1) is 0 Å². The summed E-state index contributed by atoms with van der Waals surface area (Å²) in [4.78, 5) is 12.2. The Kier molecular flexibility index (Phi) is 18.7. The predicted molar refractivity (Wildman–Crippen MR) is 217 cm³/mol. The molecule has 0 spiro atoms. The first kappa shape index (κ1) is 43.9. The van der Waals surface area contributed by atoms with E-state index in [0.717, 1.165) is 98.7 Å². The Balaban J connectivity index is 0.000000295. The molecule has 53 heavy (non-hydrogen) atoms. The quantitative estimate of drug-likeness (QED) is 0.0620. The van der Waals surface area contributed by atoms with E-state index in [9.17, 15) is 21.6 Å². The minimum absolute atomic E-state index is 0.332. The van der Waals surface area contributed by atoms with Crippen LogP contribution >= 0.6 is 0 Å². The Morgan fingerprint density at radius 1 is 0.547 bits per heavy atom. The van der Waals surface area contributed by atoms with E-state index >= 15 is 0 Å². The molecule has 4 aromatic carbocycles. The number of rotatable bonds is 21. The fraction of sp³-hybridized carbons (Fsp3) is 0.488. The Morgan fingerprint density at radius 2 is 0.925 bits per heavy atom. The number of nitrogens with one attached hydrogen (secondary N) is 3. The van der Waals surface area contributed by atoms with Gasteiger partial charge in [-0.15, -0.1) is 0 Å². The third-order valence-electron chi connectivity index (χ3n) is 8.57. The highest BCUT2D eigenvalue weighted by Gasteiger charge is 2.18. The molecule has 0 unspecified atom stereocenters. The van der Waals surface area contributed by atoms with Gasteiger partial charge in [-0.1, -0.05) is 124 Å². The molecule has 0 saturated heterocycles. The number of carbonyl (C=O) groups excluding carboxylic acids is 1. The molecule has 0 aromatic heterocycles. The van der Waals surface area contributed by atoms with Crippen molar-refractivity contribution in [2.75, 3.05) is 26.2 Å². The number of nitrogens with two attached hydrogens (primary N) is 1. The van der Waals surface area contributed by atoms with Crippen molar-refractivity contribution < 1.29 is 26.4 Å².